The van der Waals surface area contributed by atoms with Crippen LogP contribution < -0.4 is 5.32 Å². The van der Waals surface area contributed by atoms with E-state index in [-0.39, 0.29) is 6.54 Å². The number of nitrogens with zero attached hydrogens (tertiary/aromatic N) is 3. The summed E-state index contributed by atoms with van der Waals surface area (Å²) in [4.78, 5) is 0. The minimum absolute atomic E-state index is 0.211. The van der Waals surface area contributed by atoms with E-state index >= 15 is 0 Å². The van der Waals surface area contributed by atoms with E-state index in [0.29, 0.717) is 11.6 Å². The lowest BCUT2D eigenvalue weighted by Crippen LogP contribution is -2.12. The van der Waals surface area contributed by atoms with Crippen molar-refractivity contribution in [3.8, 4) is 11.3 Å². The molecule has 1 fully saturated rings. The summed E-state index contributed by atoms with van der Waals surface area (Å²) in [5.74, 6) is -1.16. The topological polar surface area (TPSA) is 42.7 Å². The highest BCUT2D eigenvalue weighted by atomic mass is 19.1. The highest BCUT2D eigenvalue weighted by molar-refractivity contribution is 5.58. The number of aromatic nitrogens is 3. The standard InChI is InChI=1S/C19H18F2N4/c20-16-8-7-15(17(21)10-16)11-25-12-19(23-24-25)14-5-3-13(4-6-14)18-2-1-9-22-18/h3-8,10,12,18,22H,1-2,9,11H2. The van der Waals surface area contributed by atoms with Gasteiger partial charge in [0.05, 0.1) is 12.7 Å². The van der Waals surface area contributed by atoms with Gasteiger partial charge in [-0.1, -0.05) is 35.5 Å². The molecule has 6 heteroatoms. The molecule has 1 saturated heterocycles. The smallest absolute Gasteiger partial charge is 0.131 e. The molecule has 2 heterocycles. The van der Waals surface area contributed by atoms with Gasteiger partial charge in [-0.05, 0) is 31.0 Å². The lowest BCUT2D eigenvalue weighted by Gasteiger charge is -2.10. The number of benzene rings is 2. The lowest BCUT2D eigenvalue weighted by molar-refractivity contribution is 0.554. The Morgan fingerprint density at radius 2 is 1.96 bits per heavy atom. The molecule has 1 aliphatic heterocycles. The van der Waals surface area contributed by atoms with Gasteiger partial charge in [-0.15, -0.1) is 5.10 Å². The van der Waals surface area contributed by atoms with Gasteiger partial charge in [-0.2, -0.15) is 0 Å². The van der Waals surface area contributed by atoms with Crippen molar-refractivity contribution in [3.05, 3.63) is 71.4 Å². The summed E-state index contributed by atoms with van der Waals surface area (Å²) < 4.78 is 28.3. The average Bonchev–Trinajstić information content (AvgIpc) is 3.30. The summed E-state index contributed by atoms with van der Waals surface area (Å²) in [6.45, 7) is 1.28. The number of hydrogen-bond donors (Lipinski definition) is 1. The van der Waals surface area contributed by atoms with Crippen molar-refractivity contribution < 1.29 is 8.78 Å². The molecule has 3 aromatic rings. The van der Waals surface area contributed by atoms with E-state index in [4.69, 9.17) is 0 Å². The van der Waals surface area contributed by atoms with Gasteiger partial charge in [0, 0.05) is 23.2 Å². The molecule has 0 bridgehead atoms. The Morgan fingerprint density at radius 1 is 1.12 bits per heavy atom. The van der Waals surface area contributed by atoms with Crippen LogP contribution in [0.1, 0.15) is 30.0 Å². The van der Waals surface area contributed by atoms with Crippen molar-refractivity contribution in [2.24, 2.45) is 0 Å². The predicted molar refractivity (Wildman–Crippen MR) is 90.9 cm³/mol. The Hall–Kier alpha value is -2.60. The second kappa shape index (κ2) is 6.72. The molecule has 0 radical (unpaired) electrons. The third kappa shape index (κ3) is 3.44. The third-order valence-electron chi connectivity index (χ3n) is 4.56. The van der Waals surface area contributed by atoms with E-state index in [9.17, 15) is 8.78 Å². The lowest BCUT2D eigenvalue weighted by atomic mass is 10.0. The Kier molecular flexibility index (Phi) is 4.28. The Bertz CT molecular complexity index is 867. The number of rotatable bonds is 4. The molecule has 128 valence electrons. The van der Waals surface area contributed by atoms with Crippen LogP contribution in [-0.2, 0) is 6.54 Å². The molecule has 0 saturated carbocycles. The fourth-order valence-corrected chi connectivity index (χ4v) is 3.19. The maximum Gasteiger partial charge on any atom is 0.131 e. The van der Waals surface area contributed by atoms with E-state index in [1.54, 1.807) is 10.9 Å². The van der Waals surface area contributed by atoms with Gasteiger partial charge in [0.25, 0.3) is 0 Å². The highest BCUT2D eigenvalue weighted by Gasteiger charge is 2.16. The van der Waals surface area contributed by atoms with Crippen LogP contribution in [0.15, 0.2) is 48.7 Å². The minimum atomic E-state index is -0.586. The summed E-state index contributed by atoms with van der Waals surface area (Å²) >= 11 is 0. The molecular weight excluding hydrogens is 322 g/mol. The average molecular weight is 340 g/mol. The van der Waals surface area contributed by atoms with Crippen LogP contribution in [0.5, 0.6) is 0 Å². The van der Waals surface area contributed by atoms with Crippen LogP contribution in [0.25, 0.3) is 11.3 Å². The number of halogens is 2. The van der Waals surface area contributed by atoms with E-state index in [1.165, 1.54) is 30.5 Å². The summed E-state index contributed by atoms with van der Waals surface area (Å²) in [5, 5.41) is 11.7. The first-order chi connectivity index (χ1) is 12.2. The second-order valence-electron chi connectivity index (χ2n) is 6.31. The summed E-state index contributed by atoms with van der Waals surface area (Å²) in [6, 6.07) is 12.3. The molecule has 1 N–H and O–H groups in total. The first-order valence-corrected chi connectivity index (χ1v) is 8.37. The minimum Gasteiger partial charge on any atom is -0.310 e. The molecule has 1 atom stereocenters. The number of hydrogen-bond acceptors (Lipinski definition) is 3. The number of nitrogens with one attached hydrogen (secondary N) is 1. The maximum absolute atomic E-state index is 13.8. The Labute approximate surface area is 144 Å². The van der Waals surface area contributed by atoms with Gasteiger partial charge in [0.2, 0.25) is 0 Å². The maximum atomic E-state index is 13.8. The molecule has 4 rings (SSSR count). The predicted octanol–water partition coefficient (Wildman–Crippen LogP) is 3.70. The van der Waals surface area contributed by atoms with Crippen molar-refractivity contribution in [1.82, 2.24) is 20.3 Å². The van der Waals surface area contributed by atoms with Crippen molar-refractivity contribution in [2.75, 3.05) is 6.54 Å². The third-order valence-corrected chi connectivity index (χ3v) is 4.56. The van der Waals surface area contributed by atoms with Gasteiger partial charge in [-0.3, -0.25) is 0 Å². The summed E-state index contributed by atoms with van der Waals surface area (Å²) in [7, 11) is 0. The zero-order chi connectivity index (χ0) is 17.2. The van der Waals surface area contributed by atoms with Gasteiger partial charge in [-0.25, -0.2) is 13.5 Å². The largest absolute Gasteiger partial charge is 0.310 e. The zero-order valence-corrected chi connectivity index (χ0v) is 13.6. The monoisotopic (exact) mass is 340 g/mol. The van der Waals surface area contributed by atoms with Gasteiger partial charge in [0.15, 0.2) is 0 Å². The molecule has 0 spiro atoms. The SMILES string of the molecule is Fc1ccc(Cn2cc(-c3ccc(C4CCCN4)cc3)nn2)c(F)c1. The molecule has 2 aromatic carbocycles. The second-order valence-corrected chi connectivity index (χ2v) is 6.31. The van der Waals surface area contributed by atoms with Crippen molar-refractivity contribution in [3.63, 3.8) is 0 Å². The first-order valence-electron chi connectivity index (χ1n) is 8.37. The van der Waals surface area contributed by atoms with Gasteiger partial charge in [0.1, 0.15) is 17.3 Å². The molecule has 1 aromatic heterocycles. The Balaban J connectivity index is 1.50. The van der Waals surface area contributed by atoms with E-state index in [0.717, 1.165) is 23.9 Å². The van der Waals surface area contributed by atoms with Crippen LogP contribution in [0.4, 0.5) is 8.78 Å². The highest BCUT2D eigenvalue weighted by Crippen LogP contribution is 2.25. The van der Waals surface area contributed by atoms with Crippen molar-refractivity contribution >= 4 is 0 Å². The quantitative estimate of drug-likeness (QED) is 0.787. The molecule has 1 unspecified atom stereocenters. The molecule has 25 heavy (non-hydrogen) atoms. The molecule has 1 aliphatic rings. The summed E-state index contributed by atoms with van der Waals surface area (Å²) in [6.07, 6.45) is 4.14. The van der Waals surface area contributed by atoms with Gasteiger partial charge < -0.3 is 5.32 Å². The fraction of sp³-hybridized carbons (Fsp3) is 0.263. The van der Waals surface area contributed by atoms with Crippen LogP contribution in [0.2, 0.25) is 0 Å². The first kappa shape index (κ1) is 15.9. The van der Waals surface area contributed by atoms with Crippen molar-refractivity contribution in [2.45, 2.75) is 25.4 Å². The zero-order valence-electron chi connectivity index (χ0n) is 13.6. The molecular formula is C19H18F2N4. The molecule has 0 amide bonds. The normalized spacial score (nSPS) is 17.1. The van der Waals surface area contributed by atoms with Crippen LogP contribution in [0, 0.1) is 11.6 Å². The van der Waals surface area contributed by atoms with Crippen LogP contribution in [0.3, 0.4) is 0 Å². The summed E-state index contributed by atoms with van der Waals surface area (Å²) in [5.41, 5.74) is 3.35. The van der Waals surface area contributed by atoms with Crippen LogP contribution in [-0.4, -0.2) is 21.5 Å². The Morgan fingerprint density at radius 3 is 2.68 bits per heavy atom. The van der Waals surface area contributed by atoms with E-state index < -0.39 is 11.6 Å². The molecule has 0 aliphatic carbocycles. The van der Waals surface area contributed by atoms with E-state index in [1.807, 2.05) is 12.1 Å². The van der Waals surface area contributed by atoms with E-state index in [2.05, 4.69) is 27.8 Å². The van der Waals surface area contributed by atoms with Crippen LogP contribution >= 0.6 is 0 Å². The molecule has 4 nitrogen and oxygen atoms in total. The fourth-order valence-electron chi connectivity index (χ4n) is 3.19. The van der Waals surface area contributed by atoms with Gasteiger partial charge >= 0.3 is 0 Å². The van der Waals surface area contributed by atoms with Crippen molar-refractivity contribution in [1.29, 1.82) is 0 Å².